The lowest BCUT2D eigenvalue weighted by Crippen LogP contribution is -2.42. The molecule has 0 saturated carbocycles. The molecule has 1 aromatic carbocycles. The molecule has 1 aromatic rings. The van der Waals surface area contributed by atoms with Gasteiger partial charge in [-0.3, -0.25) is 9.59 Å². The van der Waals surface area contributed by atoms with E-state index in [1.54, 1.807) is 12.1 Å². The summed E-state index contributed by atoms with van der Waals surface area (Å²) in [6.45, 7) is 1.92. The topological polar surface area (TPSA) is 98.8 Å². The quantitative estimate of drug-likeness (QED) is 0.743. The summed E-state index contributed by atoms with van der Waals surface area (Å²) < 4.78 is 35.0. The van der Waals surface area contributed by atoms with Crippen LogP contribution in [0.4, 0.5) is 0 Å². The van der Waals surface area contributed by atoms with Gasteiger partial charge in [0.1, 0.15) is 6.04 Å². The van der Waals surface area contributed by atoms with Crippen LogP contribution in [0.5, 0.6) is 0 Å². The first-order valence-corrected chi connectivity index (χ1v) is 8.24. The Morgan fingerprint density at radius 3 is 2.30 bits per heavy atom. The number of carbonyl (C=O) groups excluding carboxylic acids is 2. The van der Waals surface area contributed by atoms with Crippen LogP contribution in [0.1, 0.15) is 17.5 Å². The summed E-state index contributed by atoms with van der Waals surface area (Å²) in [6.07, 6.45) is 0.926. The summed E-state index contributed by atoms with van der Waals surface area (Å²) in [6, 6.07) is 5.85. The van der Waals surface area contributed by atoms with Crippen LogP contribution in [0.25, 0.3) is 6.08 Å². The molecule has 0 aliphatic rings. The van der Waals surface area contributed by atoms with Crippen LogP contribution in [-0.4, -0.2) is 40.6 Å². The van der Waals surface area contributed by atoms with E-state index in [1.807, 2.05) is 19.1 Å². The third kappa shape index (κ3) is 6.62. The predicted octanol–water partition coefficient (Wildman–Crippen LogP) is 0.990. The van der Waals surface area contributed by atoms with Gasteiger partial charge in [0, 0.05) is 5.41 Å². The van der Waals surface area contributed by atoms with Gasteiger partial charge in [0.05, 0.1) is 20.6 Å². The fourth-order valence-corrected chi connectivity index (χ4v) is 2.64. The van der Waals surface area contributed by atoms with E-state index in [1.165, 1.54) is 6.08 Å². The third-order valence-corrected chi connectivity index (χ3v) is 4.02. The summed E-state index contributed by atoms with van der Waals surface area (Å²) in [5.41, 5.74) is 1.73. The number of carbonyl (C=O) groups is 2. The lowest BCUT2D eigenvalue weighted by Gasteiger charge is -2.13. The molecule has 0 aliphatic carbocycles. The molecule has 0 aliphatic heterocycles. The monoisotopic (exact) mass is 341 g/mol. The van der Waals surface area contributed by atoms with E-state index < -0.39 is 34.4 Å². The molecule has 0 amide bonds. The zero-order valence-electron chi connectivity index (χ0n) is 13.1. The Hall–Kier alpha value is -2.19. The molecule has 0 spiro atoms. The number of benzene rings is 1. The Morgan fingerprint density at radius 2 is 1.78 bits per heavy atom. The molecule has 0 saturated heterocycles. The van der Waals surface area contributed by atoms with E-state index in [9.17, 15) is 18.0 Å². The van der Waals surface area contributed by atoms with Crippen molar-refractivity contribution in [3.8, 4) is 0 Å². The van der Waals surface area contributed by atoms with Crippen LogP contribution >= 0.6 is 0 Å². The maximum atomic E-state index is 12.0. The predicted molar refractivity (Wildman–Crippen MR) is 84.7 cm³/mol. The number of nitrogens with one attached hydrogen (secondary N) is 1. The Labute approximate surface area is 135 Å². The normalized spacial score (nSPS) is 12.8. The second-order valence-corrected chi connectivity index (χ2v) is 6.33. The van der Waals surface area contributed by atoms with Crippen LogP contribution in [0.3, 0.4) is 0 Å². The molecule has 0 bridgehead atoms. The molecule has 0 unspecified atom stereocenters. The van der Waals surface area contributed by atoms with Gasteiger partial charge in [0.25, 0.3) is 0 Å². The largest absolute Gasteiger partial charge is 0.469 e. The molecule has 0 aromatic heterocycles. The first-order valence-electron chi connectivity index (χ1n) is 6.69. The maximum absolute atomic E-state index is 12.0. The molecule has 126 valence electrons. The fraction of sp³-hybridized carbons (Fsp3) is 0.333. The smallest absolute Gasteiger partial charge is 0.324 e. The highest BCUT2D eigenvalue weighted by molar-refractivity contribution is 7.92. The summed E-state index contributed by atoms with van der Waals surface area (Å²) >= 11 is 0. The molecular weight excluding hydrogens is 322 g/mol. The Kier molecular flexibility index (Phi) is 6.92. The molecule has 8 heteroatoms. The minimum Gasteiger partial charge on any atom is -0.469 e. The molecule has 0 fully saturated rings. The van der Waals surface area contributed by atoms with E-state index in [0.29, 0.717) is 5.56 Å². The highest BCUT2D eigenvalue weighted by atomic mass is 32.2. The van der Waals surface area contributed by atoms with Gasteiger partial charge in [-0.25, -0.2) is 8.42 Å². The van der Waals surface area contributed by atoms with Gasteiger partial charge < -0.3 is 9.47 Å². The number of methoxy groups -OCH3 is 2. The van der Waals surface area contributed by atoms with Crippen molar-refractivity contribution in [2.45, 2.75) is 19.4 Å². The molecule has 1 N–H and O–H groups in total. The van der Waals surface area contributed by atoms with Gasteiger partial charge in [0.2, 0.25) is 10.0 Å². The average Bonchev–Trinajstić information content (AvgIpc) is 2.52. The molecule has 7 nitrogen and oxygen atoms in total. The van der Waals surface area contributed by atoms with Crippen molar-refractivity contribution in [2.75, 3.05) is 14.2 Å². The van der Waals surface area contributed by atoms with E-state index in [4.69, 9.17) is 0 Å². The summed E-state index contributed by atoms with van der Waals surface area (Å²) in [7, 11) is -1.70. The molecule has 0 heterocycles. The van der Waals surface area contributed by atoms with E-state index >= 15 is 0 Å². The zero-order chi connectivity index (χ0) is 17.5. The standard InChI is InChI=1S/C15H19NO6S/c1-11-4-6-12(7-5-11)8-9-23(19,20)16-13(15(18)22-3)10-14(17)21-2/h4-9,13,16H,10H2,1-3H3/b9-8-/t13-/m0/s1. The number of aryl methyl sites for hydroxylation is 1. The lowest BCUT2D eigenvalue weighted by atomic mass is 10.2. The van der Waals surface area contributed by atoms with E-state index in [2.05, 4.69) is 14.2 Å². The van der Waals surface area contributed by atoms with Crippen LogP contribution in [0, 0.1) is 6.92 Å². The number of ether oxygens (including phenoxy) is 2. The van der Waals surface area contributed by atoms with E-state index in [-0.39, 0.29) is 0 Å². The van der Waals surface area contributed by atoms with Crippen molar-refractivity contribution in [3.05, 3.63) is 40.8 Å². The number of sulfonamides is 1. The first-order chi connectivity index (χ1) is 10.8. The molecule has 0 radical (unpaired) electrons. The van der Waals surface area contributed by atoms with Crippen molar-refractivity contribution in [1.29, 1.82) is 0 Å². The second-order valence-electron chi connectivity index (χ2n) is 4.73. The highest BCUT2D eigenvalue weighted by Gasteiger charge is 2.27. The van der Waals surface area contributed by atoms with Crippen molar-refractivity contribution in [3.63, 3.8) is 0 Å². The number of esters is 2. The Morgan fingerprint density at radius 1 is 1.17 bits per heavy atom. The minimum atomic E-state index is -3.94. The molecule has 1 atom stereocenters. The second kappa shape index (κ2) is 8.44. The van der Waals surface area contributed by atoms with Crippen LogP contribution in [-0.2, 0) is 29.1 Å². The van der Waals surface area contributed by atoms with E-state index in [0.717, 1.165) is 25.2 Å². The SMILES string of the molecule is COC(=O)C[C@H](NS(=O)(=O)/C=C\c1ccc(C)cc1)C(=O)OC. The van der Waals surface area contributed by atoms with Gasteiger partial charge in [-0.05, 0) is 18.6 Å². The van der Waals surface area contributed by atoms with Crippen LogP contribution < -0.4 is 4.72 Å². The number of hydrogen-bond acceptors (Lipinski definition) is 6. The lowest BCUT2D eigenvalue weighted by molar-refractivity contribution is -0.149. The highest BCUT2D eigenvalue weighted by Crippen LogP contribution is 2.07. The number of hydrogen-bond donors (Lipinski definition) is 1. The van der Waals surface area contributed by atoms with Crippen molar-refractivity contribution in [1.82, 2.24) is 4.72 Å². The van der Waals surface area contributed by atoms with Crippen LogP contribution in [0.15, 0.2) is 29.7 Å². The van der Waals surface area contributed by atoms with Crippen molar-refractivity contribution in [2.24, 2.45) is 0 Å². The van der Waals surface area contributed by atoms with Crippen molar-refractivity contribution >= 4 is 28.0 Å². The Bertz CT molecular complexity index is 678. The van der Waals surface area contributed by atoms with Gasteiger partial charge in [-0.2, -0.15) is 4.72 Å². The van der Waals surface area contributed by atoms with Crippen LogP contribution in [0.2, 0.25) is 0 Å². The molecular formula is C15H19NO6S. The fourth-order valence-electron chi connectivity index (χ4n) is 1.65. The van der Waals surface area contributed by atoms with Gasteiger partial charge in [-0.1, -0.05) is 29.8 Å². The molecule has 23 heavy (non-hydrogen) atoms. The average molecular weight is 341 g/mol. The maximum Gasteiger partial charge on any atom is 0.324 e. The van der Waals surface area contributed by atoms with Gasteiger partial charge >= 0.3 is 11.9 Å². The van der Waals surface area contributed by atoms with Gasteiger partial charge in [-0.15, -0.1) is 0 Å². The van der Waals surface area contributed by atoms with Crippen molar-refractivity contribution < 1.29 is 27.5 Å². The van der Waals surface area contributed by atoms with Gasteiger partial charge in [0.15, 0.2) is 0 Å². The summed E-state index contributed by atoms with van der Waals surface area (Å²) in [4.78, 5) is 22.8. The third-order valence-electron chi connectivity index (χ3n) is 2.91. The minimum absolute atomic E-state index is 0.458. The zero-order valence-corrected chi connectivity index (χ0v) is 13.9. The molecule has 1 rings (SSSR count). The first kappa shape index (κ1) is 18.9. The Balaban J connectivity index is 2.85. The summed E-state index contributed by atoms with van der Waals surface area (Å²) in [5.74, 6) is -1.60. The number of rotatable bonds is 7. The summed E-state index contributed by atoms with van der Waals surface area (Å²) in [5, 5.41) is 0.922.